The zero-order valence-corrected chi connectivity index (χ0v) is 8.50. The quantitative estimate of drug-likeness (QED) is 0.773. The maximum absolute atomic E-state index is 5.96. The molecule has 0 heterocycles. The fourth-order valence-corrected chi connectivity index (χ4v) is 1.47. The first-order valence-electron chi connectivity index (χ1n) is 4.59. The number of benzene rings is 1. The summed E-state index contributed by atoms with van der Waals surface area (Å²) >= 11 is 0. The third kappa shape index (κ3) is 2.01. The van der Waals surface area contributed by atoms with Gasteiger partial charge in [-0.1, -0.05) is 25.1 Å². The summed E-state index contributed by atoms with van der Waals surface area (Å²) in [6.07, 6.45) is 0.930. The van der Waals surface area contributed by atoms with Crippen molar-refractivity contribution in [2.75, 3.05) is 7.11 Å². The molecule has 1 aromatic carbocycles. The van der Waals surface area contributed by atoms with E-state index in [0.717, 1.165) is 23.3 Å². The predicted octanol–water partition coefficient (Wildman–Crippen LogP) is 2.41. The van der Waals surface area contributed by atoms with E-state index in [4.69, 9.17) is 10.5 Å². The minimum atomic E-state index is 0.0786. The molecule has 2 heteroatoms. The molecule has 0 bridgehead atoms. The lowest BCUT2D eigenvalue weighted by molar-refractivity contribution is 0.402. The highest BCUT2D eigenvalue weighted by atomic mass is 16.5. The van der Waals surface area contributed by atoms with Crippen molar-refractivity contribution in [3.05, 3.63) is 29.3 Å². The minimum absolute atomic E-state index is 0.0786. The van der Waals surface area contributed by atoms with Crippen LogP contribution in [0, 0.1) is 6.92 Å². The van der Waals surface area contributed by atoms with E-state index in [2.05, 4.69) is 6.92 Å². The van der Waals surface area contributed by atoms with Gasteiger partial charge in [0.15, 0.2) is 0 Å². The summed E-state index contributed by atoms with van der Waals surface area (Å²) in [4.78, 5) is 0. The summed E-state index contributed by atoms with van der Waals surface area (Å²) in [5.74, 6) is 0.928. The average molecular weight is 179 g/mol. The molecule has 0 fully saturated rings. The van der Waals surface area contributed by atoms with Gasteiger partial charge >= 0.3 is 0 Å². The van der Waals surface area contributed by atoms with Crippen molar-refractivity contribution < 1.29 is 4.74 Å². The van der Waals surface area contributed by atoms with Gasteiger partial charge in [0.25, 0.3) is 0 Å². The van der Waals surface area contributed by atoms with Crippen LogP contribution in [0.2, 0.25) is 0 Å². The minimum Gasteiger partial charge on any atom is -0.496 e. The Kier molecular flexibility index (Phi) is 3.32. The molecule has 0 amide bonds. The van der Waals surface area contributed by atoms with Gasteiger partial charge in [-0.25, -0.2) is 0 Å². The monoisotopic (exact) mass is 179 g/mol. The number of para-hydroxylation sites is 1. The molecule has 2 nitrogen and oxygen atoms in total. The molecule has 13 heavy (non-hydrogen) atoms. The molecule has 1 atom stereocenters. The summed E-state index contributed by atoms with van der Waals surface area (Å²) in [5.41, 5.74) is 8.20. The van der Waals surface area contributed by atoms with Crippen molar-refractivity contribution in [3.8, 4) is 5.75 Å². The molecule has 0 saturated carbocycles. The molecular formula is C11H17NO. The third-order valence-corrected chi connectivity index (χ3v) is 2.29. The number of nitrogens with two attached hydrogens (primary N) is 1. The summed E-state index contributed by atoms with van der Waals surface area (Å²) in [6, 6.07) is 6.16. The Morgan fingerprint density at radius 2 is 2.15 bits per heavy atom. The normalized spacial score (nSPS) is 12.6. The Bertz CT molecular complexity index is 283. The lowest BCUT2D eigenvalue weighted by atomic mass is 10.0. The molecule has 1 rings (SSSR count). The first-order valence-corrected chi connectivity index (χ1v) is 4.59. The predicted molar refractivity (Wildman–Crippen MR) is 55.0 cm³/mol. The summed E-state index contributed by atoms with van der Waals surface area (Å²) in [5, 5.41) is 0. The summed E-state index contributed by atoms with van der Waals surface area (Å²) in [7, 11) is 1.69. The van der Waals surface area contributed by atoms with E-state index in [1.807, 2.05) is 25.1 Å². The zero-order chi connectivity index (χ0) is 9.84. The van der Waals surface area contributed by atoms with Gasteiger partial charge in [0, 0.05) is 11.6 Å². The molecule has 0 aliphatic heterocycles. The Morgan fingerprint density at radius 3 is 2.69 bits per heavy atom. The van der Waals surface area contributed by atoms with Crippen LogP contribution in [0.5, 0.6) is 5.75 Å². The molecule has 0 unspecified atom stereocenters. The standard InChI is InChI=1S/C11H17NO/c1-4-10(12)9-7-5-6-8(2)11(9)13-3/h5-7,10H,4,12H2,1-3H3/t10-/m1/s1. The van der Waals surface area contributed by atoms with Crippen LogP contribution >= 0.6 is 0 Å². The van der Waals surface area contributed by atoms with Crippen molar-refractivity contribution in [3.63, 3.8) is 0 Å². The Balaban J connectivity index is 3.12. The van der Waals surface area contributed by atoms with Crippen LogP contribution < -0.4 is 10.5 Å². The molecular weight excluding hydrogens is 162 g/mol. The second kappa shape index (κ2) is 4.28. The van der Waals surface area contributed by atoms with Crippen LogP contribution in [0.25, 0.3) is 0 Å². The van der Waals surface area contributed by atoms with Gasteiger partial charge in [0.2, 0.25) is 0 Å². The fraction of sp³-hybridized carbons (Fsp3) is 0.455. The number of hydrogen-bond donors (Lipinski definition) is 1. The van der Waals surface area contributed by atoms with E-state index in [-0.39, 0.29) is 6.04 Å². The van der Waals surface area contributed by atoms with E-state index in [0.29, 0.717) is 0 Å². The van der Waals surface area contributed by atoms with E-state index < -0.39 is 0 Å². The van der Waals surface area contributed by atoms with Crippen LogP contribution in [0.15, 0.2) is 18.2 Å². The van der Waals surface area contributed by atoms with Crippen molar-refractivity contribution in [2.45, 2.75) is 26.3 Å². The van der Waals surface area contributed by atoms with Crippen molar-refractivity contribution in [1.82, 2.24) is 0 Å². The first-order chi connectivity index (χ1) is 6.20. The number of aryl methyl sites for hydroxylation is 1. The zero-order valence-electron chi connectivity index (χ0n) is 8.50. The summed E-state index contributed by atoms with van der Waals surface area (Å²) in [6.45, 7) is 4.11. The van der Waals surface area contributed by atoms with E-state index in [1.165, 1.54) is 0 Å². The maximum atomic E-state index is 5.96. The van der Waals surface area contributed by atoms with E-state index in [9.17, 15) is 0 Å². The second-order valence-electron chi connectivity index (χ2n) is 3.21. The van der Waals surface area contributed by atoms with Crippen LogP contribution in [0.3, 0.4) is 0 Å². The largest absolute Gasteiger partial charge is 0.496 e. The van der Waals surface area contributed by atoms with Gasteiger partial charge in [-0.3, -0.25) is 0 Å². The van der Waals surface area contributed by atoms with Gasteiger partial charge in [0.05, 0.1) is 7.11 Å². The topological polar surface area (TPSA) is 35.2 Å². The van der Waals surface area contributed by atoms with Crippen molar-refractivity contribution in [2.24, 2.45) is 5.73 Å². The summed E-state index contributed by atoms with van der Waals surface area (Å²) < 4.78 is 5.32. The molecule has 0 aromatic heterocycles. The van der Waals surface area contributed by atoms with Crippen LogP contribution in [-0.4, -0.2) is 7.11 Å². The highest BCUT2D eigenvalue weighted by molar-refractivity contribution is 5.42. The fourth-order valence-electron chi connectivity index (χ4n) is 1.47. The second-order valence-corrected chi connectivity index (χ2v) is 3.21. The highest BCUT2D eigenvalue weighted by Crippen LogP contribution is 2.28. The number of hydrogen-bond acceptors (Lipinski definition) is 2. The molecule has 0 aliphatic rings. The molecule has 0 spiro atoms. The van der Waals surface area contributed by atoms with E-state index in [1.54, 1.807) is 7.11 Å². The van der Waals surface area contributed by atoms with Crippen molar-refractivity contribution in [1.29, 1.82) is 0 Å². The molecule has 0 radical (unpaired) electrons. The maximum Gasteiger partial charge on any atom is 0.126 e. The number of methoxy groups -OCH3 is 1. The molecule has 72 valence electrons. The first kappa shape index (κ1) is 10.1. The van der Waals surface area contributed by atoms with Crippen LogP contribution in [0.1, 0.15) is 30.5 Å². The SMILES string of the molecule is CC[C@@H](N)c1cccc(C)c1OC. The number of rotatable bonds is 3. The highest BCUT2D eigenvalue weighted by Gasteiger charge is 2.10. The molecule has 1 aromatic rings. The van der Waals surface area contributed by atoms with Gasteiger partial charge < -0.3 is 10.5 Å². The lowest BCUT2D eigenvalue weighted by Crippen LogP contribution is -2.10. The molecule has 2 N–H and O–H groups in total. The Hall–Kier alpha value is -1.02. The van der Waals surface area contributed by atoms with Crippen LogP contribution in [0.4, 0.5) is 0 Å². The average Bonchev–Trinajstić information content (AvgIpc) is 2.16. The Labute approximate surface area is 79.7 Å². The van der Waals surface area contributed by atoms with Crippen molar-refractivity contribution >= 4 is 0 Å². The van der Waals surface area contributed by atoms with Gasteiger partial charge in [-0.15, -0.1) is 0 Å². The van der Waals surface area contributed by atoms with Gasteiger partial charge in [-0.05, 0) is 18.9 Å². The molecule has 0 aliphatic carbocycles. The van der Waals surface area contributed by atoms with Gasteiger partial charge in [-0.2, -0.15) is 0 Å². The Morgan fingerprint density at radius 1 is 1.46 bits per heavy atom. The molecule has 0 saturated heterocycles. The lowest BCUT2D eigenvalue weighted by Gasteiger charge is -2.15. The number of ether oxygens (including phenoxy) is 1. The van der Waals surface area contributed by atoms with Crippen LogP contribution in [-0.2, 0) is 0 Å². The van der Waals surface area contributed by atoms with Gasteiger partial charge in [0.1, 0.15) is 5.75 Å². The smallest absolute Gasteiger partial charge is 0.126 e. The van der Waals surface area contributed by atoms with E-state index >= 15 is 0 Å². The third-order valence-electron chi connectivity index (χ3n) is 2.29.